The van der Waals surface area contributed by atoms with Crippen molar-refractivity contribution < 1.29 is 26.3 Å². The summed E-state index contributed by atoms with van der Waals surface area (Å²) in [5.74, 6) is -0.301. The molecule has 0 unspecified atom stereocenters. The summed E-state index contributed by atoms with van der Waals surface area (Å²) in [7, 11) is 0. The van der Waals surface area contributed by atoms with Gasteiger partial charge >= 0.3 is 12.4 Å². The Morgan fingerprint density at radius 1 is 0.468 bits per heavy atom. The molecule has 0 atom stereocenters. The molecule has 2 aliphatic rings. The van der Waals surface area contributed by atoms with Crippen molar-refractivity contribution in [2.75, 3.05) is 0 Å². The van der Waals surface area contributed by atoms with Crippen molar-refractivity contribution >= 4 is 38.8 Å². The Hall–Kier alpha value is -8.83. The summed E-state index contributed by atoms with van der Waals surface area (Å²) in [6.07, 6.45) is -4.30. The number of aryl methyl sites for hydroxylation is 1. The molecule has 378 valence electrons. The van der Waals surface area contributed by atoms with E-state index >= 15 is 26.3 Å². The second kappa shape index (κ2) is 16.8. The van der Waals surface area contributed by atoms with Crippen LogP contribution in [0.1, 0.15) is 72.3 Å². The van der Waals surface area contributed by atoms with Crippen LogP contribution < -0.4 is 0 Å². The first-order valence-electron chi connectivity index (χ1n) is 25.4. The molecule has 5 nitrogen and oxygen atoms in total. The average molecular weight is 1020 g/mol. The molecule has 77 heavy (non-hydrogen) atoms. The van der Waals surface area contributed by atoms with E-state index in [0.29, 0.717) is 22.6 Å². The highest BCUT2D eigenvalue weighted by molar-refractivity contribution is 6.18. The van der Waals surface area contributed by atoms with Crippen LogP contribution in [-0.4, -0.2) is 24.1 Å². The van der Waals surface area contributed by atoms with Gasteiger partial charge in [-0.15, -0.1) is 0 Å². The van der Waals surface area contributed by atoms with E-state index in [1.165, 1.54) is 17.7 Å². The lowest BCUT2D eigenvalue weighted by atomic mass is 9.82. The zero-order valence-corrected chi connectivity index (χ0v) is 42.5. The highest BCUT2D eigenvalue weighted by Crippen LogP contribution is 2.55. The number of aromatic nitrogens is 5. The number of hydrogen-bond acceptors (Lipinski definition) is 3. The summed E-state index contributed by atoms with van der Waals surface area (Å²) in [5, 5.41) is 2.75. The molecule has 3 aromatic heterocycles. The molecule has 11 heteroatoms. The van der Waals surface area contributed by atoms with Crippen LogP contribution in [0.2, 0.25) is 0 Å². The Bertz CT molecular complexity index is 4340. The van der Waals surface area contributed by atoms with Crippen LogP contribution in [0, 0.1) is 6.92 Å². The fraction of sp³-hybridized carbons (Fsp3) is 0.136. The molecule has 3 heterocycles. The molecule has 8 aromatic carbocycles. The number of hydrogen-bond donors (Lipinski definition) is 0. The number of alkyl halides is 6. The van der Waals surface area contributed by atoms with Gasteiger partial charge < -0.3 is 9.13 Å². The lowest BCUT2D eigenvalue weighted by Crippen LogP contribution is -2.14. The fourth-order valence-electron chi connectivity index (χ4n) is 12.4. The summed E-state index contributed by atoms with van der Waals surface area (Å²) < 4.78 is 95.1. The first-order chi connectivity index (χ1) is 36.9. The van der Waals surface area contributed by atoms with E-state index in [9.17, 15) is 0 Å². The number of allylic oxidation sites excluding steroid dienone is 2. The van der Waals surface area contributed by atoms with Crippen LogP contribution in [-0.2, 0) is 23.2 Å². The van der Waals surface area contributed by atoms with Gasteiger partial charge in [0.25, 0.3) is 0 Å². The zero-order chi connectivity index (χ0) is 53.5. The van der Waals surface area contributed by atoms with Gasteiger partial charge in [-0.05, 0) is 118 Å². The van der Waals surface area contributed by atoms with E-state index in [1.807, 2.05) is 82.8 Å². The maximum Gasteiger partial charge on any atom is 0.416 e. The van der Waals surface area contributed by atoms with Gasteiger partial charge in [-0.2, -0.15) is 26.3 Å². The SMILES string of the molecule is C=C/C=C\c1c(C)c2c3c(ccc2n1-c1ccc(C(F)(F)F)cc1-c1nc(-c2ccccc2)nc(-c2cc(C(F)(F)F)ccc2-n2c4ccccc4c4c5c(ccc42)C(C)(C)c2ccccc2-5)n1)C(C)(C)c1ccccc1-3. The van der Waals surface area contributed by atoms with E-state index in [2.05, 4.69) is 70.7 Å². The summed E-state index contributed by atoms with van der Waals surface area (Å²) in [6.45, 7) is 14.7. The van der Waals surface area contributed by atoms with Gasteiger partial charge in [-0.25, -0.2) is 15.0 Å². The van der Waals surface area contributed by atoms with Gasteiger partial charge in [0, 0.05) is 49.4 Å². The van der Waals surface area contributed by atoms with E-state index in [-0.39, 0.29) is 39.4 Å². The number of para-hydroxylation sites is 1. The Balaban J connectivity index is 1.12. The van der Waals surface area contributed by atoms with Crippen molar-refractivity contribution in [3.05, 3.63) is 227 Å². The largest absolute Gasteiger partial charge is 0.416 e. The number of fused-ring (bicyclic) bond motifs is 12. The lowest BCUT2D eigenvalue weighted by Gasteiger charge is -2.21. The van der Waals surface area contributed by atoms with Gasteiger partial charge in [0.2, 0.25) is 0 Å². The third kappa shape index (κ3) is 7.12. The fourth-order valence-corrected chi connectivity index (χ4v) is 12.4. The number of halogens is 6. The van der Waals surface area contributed by atoms with Crippen LogP contribution in [0.15, 0.2) is 183 Å². The summed E-state index contributed by atoms with van der Waals surface area (Å²) in [4.78, 5) is 15.0. The van der Waals surface area contributed by atoms with Crippen molar-refractivity contribution in [3.8, 4) is 67.8 Å². The topological polar surface area (TPSA) is 48.5 Å². The van der Waals surface area contributed by atoms with Gasteiger partial charge in [-0.3, -0.25) is 0 Å². The Labute approximate surface area is 440 Å². The lowest BCUT2D eigenvalue weighted by molar-refractivity contribution is -0.138. The minimum absolute atomic E-state index is 0.00762. The quantitative estimate of drug-likeness (QED) is 0.118. The van der Waals surface area contributed by atoms with Crippen molar-refractivity contribution in [2.45, 2.75) is 57.8 Å². The Morgan fingerprint density at radius 3 is 1.51 bits per heavy atom. The van der Waals surface area contributed by atoms with E-state index < -0.39 is 23.5 Å². The zero-order valence-electron chi connectivity index (χ0n) is 42.5. The van der Waals surface area contributed by atoms with Gasteiger partial charge in [0.1, 0.15) is 0 Å². The second-order valence-corrected chi connectivity index (χ2v) is 21.0. The predicted octanol–water partition coefficient (Wildman–Crippen LogP) is 18.1. The molecular formula is C66H47F6N5. The van der Waals surface area contributed by atoms with Crippen molar-refractivity contribution in [1.82, 2.24) is 24.1 Å². The minimum atomic E-state index is -4.80. The predicted molar refractivity (Wildman–Crippen MR) is 296 cm³/mol. The molecule has 2 aliphatic carbocycles. The van der Waals surface area contributed by atoms with Crippen LogP contribution in [0.5, 0.6) is 0 Å². The summed E-state index contributed by atoms with van der Waals surface area (Å²) >= 11 is 0. The number of rotatable bonds is 7. The Morgan fingerprint density at radius 2 is 0.948 bits per heavy atom. The smallest absolute Gasteiger partial charge is 0.309 e. The molecule has 0 fully saturated rings. The highest BCUT2D eigenvalue weighted by atomic mass is 19.4. The normalized spacial score (nSPS) is 14.4. The second-order valence-electron chi connectivity index (χ2n) is 21.0. The maximum absolute atomic E-state index is 15.2. The first kappa shape index (κ1) is 47.9. The summed E-state index contributed by atoms with van der Waals surface area (Å²) in [5.41, 5.74) is 11.0. The molecule has 11 aromatic rings. The van der Waals surface area contributed by atoms with Crippen LogP contribution in [0.25, 0.3) is 107 Å². The first-order valence-corrected chi connectivity index (χ1v) is 25.4. The molecule has 0 saturated carbocycles. The summed E-state index contributed by atoms with van der Waals surface area (Å²) in [6, 6.07) is 48.4. The molecule has 0 amide bonds. The van der Waals surface area contributed by atoms with Gasteiger partial charge in [-0.1, -0.05) is 156 Å². The third-order valence-corrected chi connectivity index (χ3v) is 16.0. The van der Waals surface area contributed by atoms with Crippen molar-refractivity contribution in [3.63, 3.8) is 0 Å². The monoisotopic (exact) mass is 1020 g/mol. The number of benzene rings is 8. The molecule has 0 saturated heterocycles. The van der Waals surface area contributed by atoms with E-state index in [1.54, 1.807) is 42.5 Å². The molecule has 0 spiro atoms. The van der Waals surface area contributed by atoms with Crippen LogP contribution >= 0.6 is 0 Å². The van der Waals surface area contributed by atoms with E-state index in [4.69, 9.17) is 15.0 Å². The van der Waals surface area contributed by atoms with Gasteiger partial charge in [0.05, 0.1) is 39.1 Å². The maximum atomic E-state index is 15.2. The number of nitrogens with zero attached hydrogens (tertiary/aromatic N) is 5. The Kier molecular flexibility index (Phi) is 10.5. The minimum Gasteiger partial charge on any atom is -0.309 e. The molecule has 0 radical (unpaired) electrons. The average Bonchev–Trinajstić information content (AvgIpc) is 4.30. The van der Waals surface area contributed by atoms with E-state index in [0.717, 1.165) is 101 Å². The van der Waals surface area contributed by atoms with Gasteiger partial charge in [0.15, 0.2) is 17.5 Å². The third-order valence-electron chi connectivity index (χ3n) is 16.0. The molecule has 0 N–H and O–H groups in total. The molecule has 13 rings (SSSR count). The standard InChI is InChI=1S/C66H47F6N5/c1-7-8-25-50-37(2)56-54(33-29-48-57(56)41-20-12-15-23-46(41)63(48,3)4)76(50)52-31-27-39(65(67,68)69)35-44(52)61-73-60(38-18-10-9-11-19-38)74-62(75-61)45-36-40(66(70,71)72)28-32-53(45)77-51-26-17-14-22-43(51)59-55(77)34-30-49-58(59)42-21-13-16-24-47(42)64(49,5)6/h7-36H,1H2,2-6H3/b25-8-. The molecular weight excluding hydrogens is 977 g/mol. The van der Waals surface area contributed by atoms with Crippen molar-refractivity contribution in [1.29, 1.82) is 0 Å². The van der Waals surface area contributed by atoms with Crippen molar-refractivity contribution in [2.24, 2.45) is 0 Å². The molecule has 0 bridgehead atoms. The van der Waals surface area contributed by atoms with Crippen LogP contribution in [0.4, 0.5) is 26.3 Å². The highest BCUT2D eigenvalue weighted by Gasteiger charge is 2.40. The van der Waals surface area contributed by atoms with Crippen LogP contribution in [0.3, 0.4) is 0 Å². The molecule has 0 aliphatic heterocycles.